The molecule has 1 saturated heterocycles. The average molecular weight is 365 g/mol. The minimum Gasteiger partial charge on any atom is -0.487 e. The lowest BCUT2D eigenvalue weighted by molar-refractivity contribution is -0.142. The molecule has 0 aromatic heterocycles. The number of benzene rings is 1. The Kier molecular flexibility index (Phi) is 6.00. The molecule has 7 nitrogen and oxygen atoms in total. The Balaban J connectivity index is 2.13. The summed E-state index contributed by atoms with van der Waals surface area (Å²) in [6.45, 7) is 9.19. The molecule has 1 aromatic carbocycles. The zero-order valence-electron chi connectivity index (χ0n) is 15.9. The number of carboxylic acid groups (broad SMARTS) is 1. The van der Waals surface area contributed by atoms with Gasteiger partial charge in [-0.05, 0) is 46.8 Å². The number of hydrogen-bond donors (Lipinski definition) is 1. The van der Waals surface area contributed by atoms with Crippen LogP contribution in [0.5, 0.6) is 11.5 Å². The van der Waals surface area contributed by atoms with Crippen LogP contribution in [0.4, 0.5) is 4.79 Å². The van der Waals surface area contributed by atoms with Crippen molar-refractivity contribution >= 4 is 12.1 Å². The highest BCUT2D eigenvalue weighted by Gasteiger charge is 2.42. The van der Waals surface area contributed by atoms with Gasteiger partial charge in [0.2, 0.25) is 0 Å². The first kappa shape index (κ1) is 19.9. The Morgan fingerprint density at radius 3 is 2.35 bits per heavy atom. The molecule has 1 heterocycles. The van der Waals surface area contributed by atoms with Gasteiger partial charge in [-0.3, -0.25) is 4.90 Å². The zero-order chi connectivity index (χ0) is 19.5. The van der Waals surface area contributed by atoms with E-state index < -0.39 is 29.8 Å². The molecule has 1 aliphatic heterocycles. The SMILES string of the molecule is CC(C)Oc1ccccc1OC1CC(C(=O)O)N(C(=O)OC(C)(C)C)C1. The van der Waals surface area contributed by atoms with Crippen molar-refractivity contribution in [2.75, 3.05) is 6.54 Å². The van der Waals surface area contributed by atoms with Crippen molar-refractivity contribution in [3.05, 3.63) is 24.3 Å². The minimum absolute atomic E-state index is 0.0200. The molecular formula is C19H27NO6. The quantitative estimate of drug-likeness (QED) is 0.862. The van der Waals surface area contributed by atoms with Gasteiger partial charge in [0.05, 0.1) is 12.6 Å². The molecule has 2 rings (SSSR count). The van der Waals surface area contributed by atoms with Gasteiger partial charge in [-0.2, -0.15) is 0 Å². The smallest absolute Gasteiger partial charge is 0.411 e. The number of carbonyl (C=O) groups excluding carboxylic acids is 1. The number of aliphatic carboxylic acids is 1. The number of amides is 1. The number of nitrogens with zero attached hydrogens (tertiary/aromatic N) is 1. The third-order valence-corrected chi connectivity index (χ3v) is 3.68. The van der Waals surface area contributed by atoms with Crippen molar-refractivity contribution < 1.29 is 28.9 Å². The lowest BCUT2D eigenvalue weighted by Crippen LogP contribution is -2.43. The fourth-order valence-corrected chi connectivity index (χ4v) is 2.72. The Morgan fingerprint density at radius 2 is 1.81 bits per heavy atom. The predicted molar refractivity (Wildman–Crippen MR) is 95.6 cm³/mol. The van der Waals surface area contributed by atoms with Crippen molar-refractivity contribution in [1.82, 2.24) is 4.90 Å². The molecule has 0 radical (unpaired) electrons. The highest BCUT2D eigenvalue weighted by atomic mass is 16.6. The standard InChI is InChI=1S/C19H27NO6/c1-12(2)24-15-8-6-7-9-16(15)25-13-10-14(17(21)22)20(11-13)18(23)26-19(3,4)5/h6-9,12-14H,10-11H2,1-5H3,(H,21,22). The number of carboxylic acids is 1. The highest BCUT2D eigenvalue weighted by Crippen LogP contribution is 2.31. The van der Waals surface area contributed by atoms with Crippen molar-refractivity contribution in [3.63, 3.8) is 0 Å². The molecule has 144 valence electrons. The fraction of sp³-hybridized carbons (Fsp3) is 0.579. The first-order chi connectivity index (χ1) is 12.1. The molecule has 0 spiro atoms. The normalized spacial score (nSPS) is 20.2. The summed E-state index contributed by atoms with van der Waals surface area (Å²) < 4.78 is 17.0. The van der Waals surface area contributed by atoms with Gasteiger partial charge in [-0.1, -0.05) is 12.1 Å². The van der Waals surface area contributed by atoms with E-state index in [0.717, 1.165) is 0 Å². The summed E-state index contributed by atoms with van der Waals surface area (Å²) in [4.78, 5) is 25.1. The molecule has 7 heteroatoms. The number of hydrogen-bond acceptors (Lipinski definition) is 5. The van der Waals surface area contributed by atoms with Crippen LogP contribution in [0.15, 0.2) is 24.3 Å². The van der Waals surface area contributed by atoms with Gasteiger partial charge in [0.1, 0.15) is 17.7 Å². The van der Waals surface area contributed by atoms with Gasteiger partial charge < -0.3 is 19.3 Å². The summed E-state index contributed by atoms with van der Waals surface area (Å²) >= 11 is 0. The molecular weight excluding hydrogens is 338 g/mol. The summed E-state index contributed by atoms with van der Waals surface area (Å²) in [6.07, 6.45) is -0.943. The van der Waals surface area contributed by atoms with Gasteiger partial charge in [0.15, 0.2) is 11.5 Å². The van der Waals surface area contributed by atoms with Gasteiger partial charge >= 0.3 is 12.1 Å². The van der Waals surface area contributed by atoms with Crippen LogP contribution in [0, 0.1) is 0 Å². The molecule has 0 saturated carbocycles. The van der Waals surface area contributed by atoms with Gasteiger partial charge in [-0.25, -0.2) is 9.59 Å². The predicted octanol–water partition coefficient (Wildman–Crippen LogP) is 3.32. The lowest BCUT2D eigenvalue weighted by Gasteiger charge is -2.26. The van der Waals surface area contributed by atoms with Crippen molar-refractivity contribution in [3.8, 4) is 11.5 Å². The molecule has 1 fully saturated rings. The molecule has 1 N–H and O–H groups in total. The van der Waals surface area contributed by atoms with Crippen molar-refractivity contribution in [2.24, 2.45) is 0 Å². The number of carbonyl (C=O) groups is 2. The zero-order valence-corrected chi connectivity index (χ0v) is 15.9. The van der Waals surface area contributed by atoms with Crippen LogP contribution >= 0.6 is 0 Å². The topological polar surface area (TPSA) is 85.3 Å². The van der Waals surface area contributed by atoms with E-state index in [9.17, 15) is 14.7 Å². The molecule has 0 aliphatic carbocycles. The van der Waals surface area contributed by atoms with Crippen molar-refractivity contribution in [2.45, 2.75) is 64.9 Å². The summed E-state index contributed by atoms with van der Waals surface area (Å²) in [5.41, 5.74) is -0.698. The Bertz CT molecular complexity index is 652. The van der Waals surface area contributed by atoms with E-state index in [1.54, 1.807) is 32.9 Å². The third kappa shape index (κ3) is 5.28. The van der Waals surface area contributed by atoms with Crippen LogP contribution < -0.4 is 9.47 Å². The van der Waals surface area contributed by atoms with E-state index in [4.69, 9.17) is 14.2 Å². The van der Waals surface area contributed by atoms with Crippen LogP contribution in [-0.4, -0.2) is 52.5 Å². The molecule has 26 heavy (non-hydrogen) atoms. The lowest BCUT2D eigenvalue weighted by atomic mass is 10.2. The summed E-state index contributed by atoms with van der Waals surface area (Å²) in [5.74, 6) is 0.0418. The number of ether oxygens (including phenoxy) is 3. The molecule has 2 unspecified atom stereocenters. The molecule has 1 aliphatic rings. The monoisotopic (exact) mass is 365 g/mol. The second-order valence-electron chi connectivity index (χ2n) is 7.58. The summed E-state index contributed by atoms with van der Waals surface area (Å²) in [5, 5.41) is 9.46. The van der Waals surface area contributed by atoms with Crippen LogP contribution in [0.3, 0.4) is 0 Å². The second-order valence-corrected chi connectivity index (χ2v) is 7.58. The maximum atomic E-state index is 12.3. The molecule has 1 aromatic rings. The molecule has 1 amide bonds. The van der Waals surface area contributed by atoms with E-state index in [1.165, 1.54) is 4.90 Å². The van der Waals surface area contributed by atoms with E-state index in [1.807, 2.05) is 26.0 Å². The summed E-state index contributed by atoms with van der Waals surface area (Å²) in [7, 11) is 0. The number of rotatable bonds is 5. The molecule has 2 atom stereocenters. The molecule has 0 bridgehead atoms. The van der Waals surface area contributed by atoms with Crippen molar-refractivity contribution in [1.29, 1.82) is 0 Å². The Labute approximate surface area is 153 Å². The van der Waals surface area contributed by atoms with E-state index in [0.29, 0.717) is 11.5 Å². The van der Waals surface area contributed by atoms with Gasteiger partial charge in [0, 0.05) is 6.42 Å². The maximum absolute atomic E-state index is 12.3. The van der Waals surface area contributed by atoms with E-state index in [-0.39, 0.29) is 19.1 Å². The van der Waals surface area contributed by atoms with Crippen LogP contribution in [-0.2, 0) is 9.53 Å². The van der Waals surface area contributed by atoms with Crippen LogP contribution in [0.1, 0.15) is 41.0 Å². The summed E-state index contributed by atoms with van der Waals surface area (Å²) in [6, 6.07) is 6.24. The average Bonchev–Trinajstić information content (AvgIpc) is 2.91. The fourth-order valence-electron chi connectivity index (χ4n) is 2.72. The first-order valence-electron chi connectivity index (χ1n) is 8.71. The Hall–Kier alpha value is -2.44. The second kappa shape index (κ2) is 7.85. The first-order valence-corrected chi connectivity index (χ1v) is 8.71. The van der Waals surface area contributed by atoms with Gasteiger partial charge in [0.25, 0.3) is 0 Å². The van der Waals surface area contributed by atoms with E-state index in [2.05, 4.69) is 0 Å². The third-order valence-electron chi connectivity index (χ3n) is 3.68. The number of para-hydroxylation sites is 2. The Morgan fingerprint density at radius 1 is 1.19 bits per heavy atom. The number of likely N-dealkylation sites (tertiary alicyclic amines) is 1. The highest BCUT2D eigenvalue weighted by molar-refractivity contribution is 5.81. The minimum atomic E-state index is -1.08. The largest absolute Gasteiger partial charge is 0.487 e. The van der Waals surface area contributed by atoms with Crippen LogP contribution in [0.25, 0.3) is 0 Å². The van der Waals surface area contributed by atoms with E-state index >= 15 is 0 Å². The maximum Gasteiger partial charge on any atom is 0.411 e. The van der Waals surface area contributed by atoms with Crippen LogP contribution in [0.2, 0.25) is 0 Å². The van der Waals surface area contributed by atoms with Gasteiger partial charge in [-0.15, -0.1) is 0 Å².